The van der Waals surface area contributed by atoms with Crippen LogP contribution in [0.1, 0.15) is 21.6 Å². The Kier molecular flexibility index (Phi) is 4.65. The van der Waals surface area contributed by atoms with Crippen molar-refractivity contribution < 1.29 is 9.53 Å². The van der Waals surface area contributed by atoms with Crippen LogP contribution in [0.3, 0.4) is 0 Å². The highest BCUT2D eigenvalue weighted by Crippen LogP contribution is 2.29. The number of hydrogen-bond acceptors (Lipinski definition) is 5. The van der Waals surface area contributed by atoms with E-state index in [9.17, 15) is 9.59 Å². The summed E-state index contributed by atoms with van der Waals surface area (Å²) in [6.07, 6.45) is 1.79. The van der Waals surface area contributed by atoms with Crippen molar-refractivity contribution in [3.05, 3.63) is 79.4 Å². The molecule has 0 saturated heterocycles. The van der Waals surface area contributed by atoms with E-state index in [0.717, 1.165) is 14.8 Å². The van der Waals surface area contributed by atoms with Crippen LogP contribution in [0.15, 0.2) is 53.5 Å². The molecular formula is C19H15IN4O3. The third-order valence-corrected chi connectivity index (χ3v) is 4.92. The molecule has 0 spiro atoms. The maximum atomic E-state index is 12.7. The Balaban J connectivity index is 1.52. The van der Waals surface area contributed by atoms with Gasteiger partial charge in [0.05, 0.1) is 12.2 Å². The first-order valence-corrected chi connectivity index (χ1v) is 9.31. The highest BCUT2D eigenvalue weighted by molar-refractivity contribution is 14.1. The van der Waals surface area contributed by atoms with E-state index in [1.165, 1.54) is 10.7 Å². The largest absolute Gasteiger partial charge is 0.487 e. The minimum absolute atomic E-state index is 0.137. The summed E-state index contributed by atoms with van der Waals surface area (Å²) < 4.78 is 8.10. The van der Waals surface area contributed by atoms with E-state index >= 15 is 0 Å². The lowest BCUT2D eigenvalue weighted by Crippen LogP contribution is -2.28. The third-order valence-electron chi connectivity index (χ3n) is 4.28. The van der Waals surface area contributed by atoms with Crippen molar-refractivity contribution in [2.24, 2.45) is 7.05 Å². The van der Waals surface area contributed by atoms with Crippen molar-refractivity contribution in [2.75, 3.05) is 4.90 Å². The molecule has 0 radical (unpaired) electrons. The van der Waals surface area contributed by atoms with E-state index in [0.29, 0.717) is 30.3 Å². The zero-order chi connectivity index (χ0) is 19.0. The monoisotopic (exact) mass is 474 g/mol. The number of hydrogen-bond donors (Lipinski definition) is 0. The molecule has 1 amide bonds. The summed E-state index contributed by atoms with van der Waals surface area (Å²) in [6.45, 7) is 0.744. The van der Waals surface area contributed by atoms with Gasteiger partial charge in [-0.3, -0.25) is 19.5 Å². The second-order valence-corrected chi connectivity index (χ2v) is 7.37. The molecule has 0 fully saturated rings. The molecule has 2 aromatic heterocycles. The molecule has 4 rings (SSSR count). The summed E-state index contributed by atoms with van der Waals surface area (Å²) >= 11 is 2.20. The van der Waals surface area contributed by atoms with Gasteiger partial charge < -0.3 is 4.74 Å². The van der Waals surface area contributed by atoms with Gasteiger partial charge in [-0.2, -0.15) is 5.10 Å². The van der Waals surface area contributed by atoms with Gasteiger partial charge in [0.1, 0.15) is 12.4 Å². The topological polar surface area (TPSA) is 77.3 Å². The Hall–Kier alpha value is -2.75. The molecule has 0 aliphatic carbocycles. The van der Waals surface area contributed by atoms with Crippen molar-refractivity contribution >= 4 is 34.3 Å². The molecule has 3 heterocycles. The molecule has 136 valence electrons. The van der Waals surface area contributed by atoms with Gasteiger partial charge in [0, 0.05) is 28.4 Å². The number of aryl methyl sites for hydroxylation is 1. The molecule has 1 aliphatic heterocycles. The number of nitrogens with zero attached hydrogens (tertiary/aromatic N) is 4. The number of carbonyl (C=O) groups is 1. The zero-order valence-electron chi connectivity index (χ0n) is 14.4. The molecule has 0 N–H and O–H groups in total. The molecule has 1 aromatic carbocycles. The van der Waals surface area contributed by atoms with Gasteiger partial charge in [0.2, 0.25) is 0 Å². The lowest BCUT2D eigenvalue weighted by molar-refractivity contribution is 0.0995. The Bertz CT molecular complexity index is 1080. The SMILES string of the molecule is Cn1nc(N2Cc3cc(OCc4ccc(I)cn4)ccc3C2=O)ccc1=O. The van der Waals surface area contributed by atoms with Crippen LogP contribution in [0.4, 0.5) is 5.82 Å². The fraction of sp³-hybridized carbons (Fsp3) is 0.158. The van der Waals surface area contributed by atoms with Gasteiger partial charge in [-0.05, 0) is 64.6 Å². The number of aromatic nitrogens is 3. The van der Waals surface area contributed by atoms with Gasteiger partial charge in [-0.1, -0.05) is 0 Å². The average Bonchev–Trinajstić information content (AvgIpc) is 3.00. The van der Waals surface area contributed by atoms with Gasteiger partial charge in [-0.15, -0.1) is 0 Å². The lowest BCUT2D eigenvalue weighted by atomic mass is 10.1. The van der Waals surface area contributed by atoms with Crippen molar-refractivity contribution in [2.45, 2.75) is 13.2 Å². The molecule has 0 bridgehead atoms. The first-order chi connectivity index (χ1) is 13.0. The second kappa shape index (κ2) is 7.10. The number of pyridine rings is 1. The number of benzene rings is 1. The smallest absolute Gasteiger partial charge is 0.266 e. The molecule has 3 aromatic rings. The summed E-state index contributed by atoms with van der Waals surface area (Å²) in [6, 6.07) is 12.3. The third kappa shape index (κ3) is 3.57. The van der Waals surface area contributed by atoms with Crippen LogP contribution in [0, 0.1) is 3.57 Å². The number of fused-ring (bicyclic) bond motifs is 1. The number of rotatable bonds is 4. The Morgan fingerprint density at radius 1 is 1.15 bits per heavy atom. The van der Waals surface area contributed by atoms with Crippen LogP contribution < -0.4 is 15.2 Å². The van der Waals surface area contributed by atoms with E-state index < -0.39 is 0 Å². The number of ether oxygens (including phenoxy) is 1. The molecule has 27 heavy (non-hydrogen) atoms. The lowest BCUT2D eigenvalue weighted by Gasteiger charge is -2.14. The predicted octanol–water partition coefficient (Wildman–Crippen LogP) is 2.52. The van der Waals surface area contributed by atoms with Gasteiger partial charge >= 0.3 is 0 Å². The zero-order valence-corrected chi connectivity index (χ0v) is 16.6. The van der Waals surface area contributed by atoms with Crippen molar-refractivity contribution in [1.29, 1.82) is 0 Å². The second-order valence-electron chi connectivity index (χ2n) is 6.12. The number of halogens is 1. The van der Waals surface area contributed by atoms with Crippen LogP contribution in [-0.4, -0.2) is 20.7 Å². The first-order valence-electron chi connectivity index (χ1n) is 8.23. The van der Waals surface area contributed by atoms with Gasteiger partial charge in [0.15, 0.2) is 5.82 Å². The van der Waals surface area contributed by atoms with Gasteiger partial charge in [0.25, 0.3) is 11.5 Å². The van der Waals surface area contributed by atoms with Crippen LogP contribution in [0.5, 0.6) is 5.75 Å². The van der Waals surface area contributed by atoms with E-state index in [1.54, 1.807) is 36.3 Å². The maximum Gasteiger partial charge on any atom is 0.266 e. The number of anilines is 1. The summed E-state index contributed by atoms with van der Waals surface area (Å²) in [5.41, 5.74) is 2.10. The average molecular weight is 474 g/mol. The molecule has 1 aliphatic rings. The molecule has 0 atom stereocenters. The summed E-state index contributed by atoms with van der Waals surface area (Å²) in [5.74, 6) is 0.989. The standard InChI is InChI=1S/C19H15IN4O3/c1-23-18(25)7-6-17(22-23)24-10-12-8-15(4-5-16(12)19(24)26)27-11-14-3-2-13(20)9-21-14/h2-9H,10-11H2,1H3. The van der Waals surface area contributed by atoms with Crippen LogP contribution in [0.25, 0.3) is 0 Å². The predicted molar refractivity (Wildman–Crippen MR) is 108 cm³/mol. The Labute approximate surface area is 168 Å². The van der Waals surface area contributed by atoms with Crippen LogP contribution in [-0.2, 0) is 20.2 Å². The maximum absolute atomic E-state index is 12.7. The Morgan fingerprint density at radius 3 is 2.74 bits per heavy atom. The number of amides is 1. The minimum Gasteiger partial charge on any atom is -0.487 e. The van der Waals surface area contributed by atoms with Crippen LogP contribution in [0.2, 0.25) is 0 Å². The molecular weight excluding hydrogens is 459 g/mol. The fourth-order valence-electron chi connectivity index (χ4n) is 2.85. The summed E-state index contributed by atoms with van der Waals surface area (Å²) in [7, 11) is 1.56. The molecule has 0 saturated carbocycles. The molecule has 7 nitrogen and oxygen atoms in total. The van der Waals surface area contributed by atoms with Gasteiger partial charge in [-0.25, -0.2) is 4.68 Å². The summed E-state index contributed by atoms with van der Waals surface area (Å²) in [4.78, 5) is 30.0. The number of carbonyl (C=O) groups excluding carboxylic acids is 1. The van der Waals surface area contributed by atoms with E-state index in [4.69, 9.17) is 4.74 Å². The van der Waals surface area contributed by atoms with Crippen LogP contribution >= 0.6 is 22.6 Å². The minimum atomic E-state index is -0.220. The Morgan fingerprint density at radius 2 is 2.00 bits per heavy atom. The van der Waals surface area contributed by atoms with E-state index in [-0.39, 0.29) is 11.5 Å². The molecule has 0 unspecified atom stereocenters. The normalized spacial score (nSPS) is 13.0. The van der Waals surface area contributed by atoms with E-state index in [2.05, 4.69) is 32.7 Å². The molecule has 8 heteroatoms. The highest BCUT2D eigenvalue weighted by atomic mass is 127. The van der Waals surface area contributed by atoms with Crippen molar-refractivity contribution in [1.82, 2.24) is 14.8 Å². The summed E-state index contributed by atoms with van der Waals surface area (Å²) in [5, 5.41) is 4.16. The fourth-order valence-corrected chi connectivity index (χ4v) is 3.17. The highest BCUT2D eigenvalue weighted by Gasteiger charge is 2.30. The van der Waals surface area contributed by atoms with Crippen molar-refractivity contribution in [3.8, 4) is 5.75 Å². The van der Waals surface area contributed by atoms with E-state index in [1.807, 2.05) is 18.2 Å². The first kappa shape index (κ1) is 17.7. The van der Waals surface area contributed by atoms with Crippen molar-refractivity contribution in [3.63, 3.8) is 0 Å². The quantitative estimate of drug-likeness (QED) is 0.544.